The Morgan fingerprint density at radius 2 is 1.91 bits per heavy atom. The number of hydrogen-bond donors (Lipinski definition) is 0. The van der Waals surface area contributed by atoms with Crippen LogP contribution < -0.4 is 4.90 Å². The van der Waals surface area contributed by atoms with E-state index in [2.05, 4.69) is 79.6 Å². The Kier molecular flexibility index (Phi) is 3.72. The highest BCUT2D eigenvalue weighted by atomic mass is 15.2. The van der Waals surface area contributed by atoms with Crippen LogP contribution in [0, 0.1) is 12.8 Å². The molecule has 1 nitrogen and oxygen atoms in total. The zero-order valence-electron chi connectivity index (χ0n) is 14.1. The highest BCUT2D eigenvalue weighted by molar-refractivity contribution is 5.63. The Bertz CT molecular complexity index is 730. The number of nitrogens with zero attached hydrogens (tertiary/aromatic N) is 1. The van der Waals surface area contributed by atoms with Crippen LogP contribution in [0.1, 0.15) is 47.9 Å². The molecule has 4 rings (SSSR count). The molecule has 1 aliphatic heterocycles. The van der Waals surface area contributed by atoms with E-state index in [-0.39, 0.29) is 0 Å². The molecule has 0 aromatic heterocycles. The molecule has 1 heterocycles. The second-order valence-corrected chi connectivity index (χ2v) is 7.08. The number of benzene rings is 2. The summed E-state index contributed by atoms with van der Waals surface area (Å²) < 4.78 is 0. The first kappa shape index (κ1) is 14.6. The van der Waals surface area contributed by atoms with Crippen molar-refractivity contribution in [3.63, 3.8) is 0 Å². The van der Waals surface area contributed by atoms with Gasteiger partial charge in [0.15, 0.2) is 0 Å². The molecule has 0 radical (unpaired) electrons. The summed E-state index contributed by atoms with van der Waals surface area (Å²) in [5, 5.41) is 0. The van der Waals surface area contributed by atoms with E-state index in [1.54, 1.807) is 0 Å². The van der Waals surface area contributed by atoms with E-state index in [9.17, 15) is 0 Å². The molecule has 23 heavy (non-hydrogen) atoms. The standard InChI is InChI=1S/C22H25N/c1-16-9-8-12-18(15-16)22-21(17-10-4-3-5-11-17)19-13-6-7-14-20(19)23(22)2/h4,6-10,12-15,17,21-22H,3,5,11H2,1-2H3/t17-,21+,22-/m1/s1. The Morgan fingerprint density at radius 1 is 1.04 bits per heavy atom. The summed E-state index contributed by atoms with van der Waals surface area (Å²) in [5.41, 5.74) is 5.73. The maximum Gasteiger partial charge on any atom is 0.0614 e. The summed E-state index contributed by atoms with van der Waals surface area (Å²) in [4.78, 5) is 2.50. The van der Waals surface area contributed by atoms with E-state index in [1.165, 1.54) is 41.6 Å². The van der Waals surface area contributed by atoms with Gasteiger partial charge in [0.1, 0.15) is 0 Å². The summed E-state index contributed by atoms with van der Waals surface area (Å²) in [7, 11) is 2.26. The van der Waals surface area contributed by atoms with Gasteiger partial charge in [-0.25, -0.2) is 0 Å². The molecule has 0 spiro atoms. The van der Waals surface area contributed by atoms with Crippen LogP contribution in [0.15, 0.2) is 60.7 Å². The number of anilines is 1. The highest BCUT2D eigenvalue weighted by Gasteiger charge is 2.41. The molecule has 0 saturated carbocycles. The Balaban J connectivity index is 1.83. The van der Waals surface area contributed by atoms with Crippen LogP contribution >= 0.6 is 0 Å². The van der Waals surface area contributed by atoms with Crippen LogP contribution in [0.25, 0.3) is 0 Å². The lowest BCUT2D eigenvalue weighted by atomic mass is 9.76. The lowest BCUT2D eigenvalue weighted by Gasteiger charge is -2.32. The maximum atomic E-state index is 2.50. The van der Waals surface area contributed by atoms with Gasteiger partial charge in [0.2, 0.25) is 0 Å². The Labute approximate surface area is 139 Å². The van der Waals surface area contributed by atoms with Crippen molar-refractivity contribution in [2.24, 2.45) is 5.92 Å². The summed E-state index contributed by atoms with van der Waals surface area (Å²) in [5.74, 6) is 1.22. The molecular weight excluding hydrogens is 278 g/mol. The van der Waals surface area contributed by atoms with Gasteiger partial charge in [-0.15, -0.1) is 0 Å². The molecule has 2 aliphatic rings. The van der Waals surface area contributed by atoms with Gasteiger partial charge in [-0.2, -0.15) is 0 Å². The fourth-order valence-electron chi connectivity index (χ4n) is 4.54. The Morgan fingerprint density at radius 3 is 2.70 bits per heavy atom. The third-order valence-electron chi connectivity index (χ3n) is 5.57. The topological polar surface area (TPSA) is 3.24 Å². The molecular formula is C22H25N. The minimum Gasteiger partial charge on any atom is -0.367 e. The first-order chi connectivity index (χ1) is 11.3. The second-order valence-electron chi connectivity index (χ2n) is 7.08. The minimum atomic E-state index is 0.444. The van der Waals surface area contributed by atoms with Crippen molar-refractivity contribution in [1.29, 1.82) is 0 Å². The molecule has 0 bridgehead atoms. The van der Waals surface area contributed by atoms with Gasteiger partial charge < -0.3 is 4.90 Å². The third-order valence-corrected chi connectivity index (χ3v) is 5.57. The van der Waals surface area contributed by atoms with Crippen molar-refractivity contribution in [3.05, 3.63) is 77.4 Å². The molecule has 0 fully saturated rings. The number of likely N-dealkylation sites (N-methyl/N-ethyl adjacent to an activating group) is 1. The zero-order valence-corrected chi connectivity index (χ0v) is 14.1. The van der Waals surface area contributed by atoms with Gasteiger partial charge in [0, 0.05) is 18.7 Å². The van der Waals surface area contributed by atoms with Gasteiger partial charge in [-0.1, -0.05) is 60.2 Å². The fourth-order valence-corrected chi connectivity index (χ4v) is 4.54. The smallest absolute Gasteiger partial charge is 0.0614 e. The molecule has 0 amide bonds. The quantitative estimate of drug-likeness (QED) is 0.650. The fraction of sp³-hybridized carbons (Fsp3) is 0.364. The zero-order chi connectivity index (χ0) is 15.8. The highest BCUT2D eigenvalue weighted by Crippen LogP contribution is 2.53. The number of aryl methyl sites for hydroxylation is 1. The van der Waals surface area contributed by atoms with Gasteiger partial charge in [-0.05, 0) is 49.3 Å². The number of fused-ring (bicyclic) bond motifs is 1. The maximum absolute atomic E-state index is 2.50. The van der Waals surface area contributed by atoms with Gasteiger partial charge >= 0.3 is 0 Å². The van der Waals surface area contributed by atoms with Crippen molar-refractivity contribution in [2.45, 2.75) is 38.1 Å². The number of rotatable bonds is 2. The van der Waals surface area contributed by atoms with E-state index in [0.29, 0.717) is 17.9 Å². The van der Waals surface area contributed by atoms with Crippen molar-refractivity contribution < 1.29 is 0 Å². The molecule has 0 unspecified atom stereocenters. The van der Waals surface area contributed by atoms with E-state index in [4.69, 9.17) is 0 Å². The van der Waals surface area contributed by atoms with Crippen molar-refractivity contribution in [2.75, 3.05) is 11.9 Å². The molecule has 2 aromatic carbocycles. The van der Waals surface area contributed by atoms with E-state index in [1.807, 2.05) is 0 Å². The van der Waals surface area contributed by atoms with Crippen LogP contribution in [-0.2, 0) is 0 Å². The lowest BCUT2D eigenvalue weighted by molar-refractivity contribution is 0.405. The summed E-state index contributed by atoms with van der Waals surface area (Å²) in [6, 6.07) is 18.5. The van der Waals surface area contributed by atoms with Gasteiger partial charge in [-0.3, -0.25) is 0 Å². The van der Waals surface area contributed by atoms with Crippen molar-refractivity contribution in [1.82, 2.24) is 0 Å². The molecule has 0 saturated heterocycles. The molecule has 0 N–H and O–H groups in total. The number of hydrogen-bond acceptors (Lipinski definition) is 1. The van der Waals surface area contributed by atoms with Crippen molar-refractivity contribution >= 4 is 5.69 Å². The molecule has 2 aromatic rings. The molecule has 1 aliphatic carbocycles. The SMILES string of the molecule is Cc1cccc([C@@H]2[C@@H]([C@@H]3C=CCCC3)c3ccccc3N2C)c1. The normalized spacial score (nSPS) is 26.3. The van der Waals surface area contributed by atoms with Gasteiger partial charge in [0.05, 0.1) is 6.04 Å². The predicted molar refractivity (Wildman–Crippen MR) is 98.0 cm³/mol. The predicted octanol–water partition coefficient (Wildman–Crippen LogP) is 5.63. The summed E-state index contributed by atoms with van der Waals surface area (Å²) in [6.45, 7) is 2.20. The average molecular weight is 303 g/mol. The van der Waals surface area contributed by atoms with Crippen LogP contribution in [0.5, 0.6) is 0 Å². The largest absolute Gasteiger partial charge is 0.367 e. The molecule has 118 valence electrons. The van der Waals surface area contributed by atoms with Gasteiger partial charge in [0.25, 0.3) is 0 Å². The lowest BCUT2D eigenvalue weighted by Crippen LogP contribution is -2.26. The second kappa shape index (κ2) is 5.88. The first-order valence-electron chi connectivity index (χ1n) is 8.80. The third kappa shape index (κ3) is 2.49. The number of para-hydroxylation sites is 1. The summed E-state index contributed by atoms with van der Waals surface area (Å²) >= 11 is 0. The van der Waals surface area contributed by atoms with E-state index in [0.717, 1.165) is 0 Å². The van der Waals surface area contributed by atoms with E-state index >= 15 is 0 Å². The summed E-state index contributed by atoms with van der Waals surface area (Å²) in [6.07, 6.45) is 8.75. The monoisotopic (exact) mass is 303 g/mol. The van der Waals surface area contributed by atoms with Crippen LogP contribution in [-0.4, -0.2) is 7.05 Å². The average Bonchev–Trinajstić information content (AvgIpc) is 2.89. The Hall–Kier alpha value is -2.02. The van der Waals surface area contributed by atoms with Crippen LogP contribution in [0.4, 0.5) is 5.69 Å². The molecule has 3 atom stereocenters. The minimum absolute atomic E-state index is 0.444. The number of allylic oxidation sites excluding steroid dienone is 2. The molecule has 1 heteroatoms. The van der Waals surface area contributed by atoms with Crippen LogP contribution in [0.3, 0.4) is 0 Å². The van der Waals surface area contributed by atoms with Crippen molar-refractivity contribution in [3.8, 4) is 0 Å². The van der Waals surface area contributed by atoms with Crippen LogP contribution in [0.2, 0.25) is 0 Å². The van der Waals surface area contributed by atoms with E-state index < -0.39 is 0 Å². The first-order valence-corrected chi connectivity index (χ1v) is 8.80.